The first kappa shape index (κ1) is 27.2. The van der Waals surface area contributed by atoms with Crippen molar-refractivity contribution < 1.29 is 49.0 Å². The molecule has 1 amide bonds. The van der Waals surface area contributed by atoms with E-state index in [0.717, 1.165) is 35.2 Å². The Labute approximate surface area is 231 Å². The van der Waals surface area contributed by atoms with Gasteiger partial charge in [-0.25, -0.2) is 4.79 Å². The van der Waals surface area contributed by atoms with Crippen LogP contribution in [-0.4, -0.2) is 58.1 Å². The fourth-order valence-corrected chi connectivity index (χ4v) is 4.94. The number of hydrogen-bond acceptors (Lipinski definition) is 6. The van der Waals surface area contributed by atoms with Gasteiger partial charge in [0, 0.05) is 30.9 Å². The summed E-state index contributed by atoms with van der Waals surface area (Å²) in [5, 5.41) is 13.3. The summed E-state index contributed by atoms with van der Waals surface area (Å²) in [6, 6.07) is 6.23. The first-order chi connectivity index (χ1) is 15.5. The molecular weight excluding hydrogens is 488 g/mol. The quantitative estimate of drug-likeness (QED) is 0.535. The van der Waals surface area contributed by atoms with E-state index < -0.39 is 23.7 Å². The van der Waals surface area contributed by atoms with Crippen molar-refractivity contribution in [3.63, 3.8) is 0 Å². The minimum absolute atomic E-state index is 0. The minimum Gasteiger partial charge on any atom is -0.548 e. The number of aliphatic carboxylic acids is 1. The van der Waals surface area contributed by atoms with E-state index >= 15 is 0 Å². The summed E-state index contributed by atoms with van der Waals surface area (Å²) in [5.41, 5.74) is 3.23. The number of amides is 1. The van der Waals surface area contributed by atoms with E-state index in [2.05, 4.69) is 4.98 Å². The number of hydrogen-bond donors (Lipinski definition) is 0. The summed E-state index contributed by atoms with van der Waals surface area (Å²) in [7, 11) is 0. The zero-order valence-corrected chi connectivity index (χ0v) is 23.3. The predicted octanol–water partition coefficient (Wildman–Crippen LogP) is 0.252. The standard InChI is InChI=1S/C24H27Cl2N3O4.Na/c1-24(2,3)33-23(32)29-9-8-28(13-19(29)22(30)31)21-18-7-6-16(25)10-14(18)4-5-15-11-17(26)12-27-20(15)21;/h6-7,10-12,19,21H,4-5,8-9,13H2,1-3H3,(H,30,31);/q;+1/p-1/t19-,21?;/m1./s1. The molecule has 2 atom stereocenters. The summed E-state index contributed by atoms with van der Waals surface area (Å²) in [6.07, 6.45) is 2.47. The Morgan fingerprint density at radius 2 is 1.76 bits per heavy atom. The fourth-order valence-electron chi connectivity index (χ4n) is 4.56. The molecule has 2 aromatic rings. The summed E-state index contributed by atoms with van der Waals surface area (Å²) < 4.78 is 5.43. The molecule has 1 aromatic carbocycles. The number of carbonyl (C=O) groups excluding carboxylic acids is 2. The Balaban J connectivity index is 0.00000324. The van der Waals surface area contributed by atoms with Crippen LogP contribution < -0.4 is 34.7 Å². The number of carbonyl (C=O) groups is 2. The third-order valence-electron chi connectivity index (χ3n) is 5.97. The molecular formula is C24H26Cl2N3NaO4. The number of piperazine rings is 1. The maximum Gasteiger partial charge on any atom is 1.00 e. The van der Waals surface area contributed by atoms with Crippen molar-refractivity contribution >= 4 is 35.3 Å². The smallest absolute Gasteiger partial charge is 0.548 e. The van der Waals surface area contributed by atoms with Crippen LogP contribution in [0.3, 0.4) is 0 Å². The van der Waals surface area contributed by atoms with Gasteiger partial charge in [-0.2, -0.15) is 0 Å². The summed E-state index contributed by atoms with van der Waals surface area (Å²) in [5.74, 6) is -1.32. The van der Waals surface area contributed by atoms with E-state index in [1.54, 1.807) is 27.0 Å². The van der Waals surface area contributed by atoms with Gasteiger partial charge in [-0.05, 0) is 68.5 Å². The molecule has 7 nitrogen and oxygen atoms in total. The van der Waals surface area contributed by atoms with Gasteiger partial charge in [0.2, 0.25) is 0 Å². The second-order valence-electron chi connectivity index (χ2n) is 9.45. The first-order valence-corrected chi connectivity index (χ1v) is 11.7. The third-order valence-corrected chi connectivity index (χ3v) is 6.41. The SMILES string of the molecule is CC(C)(C)OC(=O)N1CCN(C2c3ccc(Cl)cc3CCc3cc(Cl)cnc32)C[C@@H]1C(=O)[O-].[Na+]. The molecule has 1 aromatic heterocycles. The molecule has 4 rings (SSSR count). The number of aromatic nitrogens is 1. The number of ether oxygens (including phenoxy) is 1. The van der Waals surface area contributed by atoms with E-state index in [0.29, 0.717) is 16.6 Å². The van der Waals surface area contributed by atoms with Crippen LogP contribution in [0, 0.1) is 0 Å². The van der Waals surface area contributed by atoms with Crippen molar-refractivity contribution in [1.82, 2.24) is 14.8 Å². The maximum absolute atomic E-state index is 12.7. The van der Waals surface area contributed by atoms with Crippen LogP contribution in [-0.2, 0) is 22.4 Å². The predicted molar refractivity (Wildman–Crippen MR) is 123 cm³/mol. The molecule has 1 aliphatic heterocycles. The van der Waals surface area contributed by atoms with Crippen molar-refractivity contribution in [2.75, 3.05) is 19.6 Å². The second-order valence-corrected chi connectivity index (χ2v) is 10.3. The van der Waals surface area contributed by atoms with Crippen molar-refractivity contribution in [2.24, 2.45) is 0 Å². The monoisotopic (exact) mass is 513 g/mol. The van der Waals surface area contributed by atoms with Gasteiger partial charge in [0.15, 0.2) is 0 Å². The van der Waals surface area contributed by atoms with Crippen LogP contribution >= 0.6 is 23.2 Å². The Hall–Kier alpha value is -1.35. The summed E-state index contributed by atoms with van der Waals surface area (Å²) in [4.78, 5) is 32.7. The molecule has 0 N–H and O–H groups in total. The zero-order valence-electron chi connectivity index (χ0n) is 19.8. The van der Waals surface area contributed by atoms with Gasteiger partial charge in [0.25, 0.3) is 0 Å². The molecule has 34 heavy (non-hydrogen) atoms. The van der Waals surface area contributed by atoms with E-state index in [1.807, 2.05) is 29.2 Å². The molecule has 1 unspecified atom stereocenters. The number of halogens is 2. The Morgan fingerprint density at radius 3 is 2.44 bits per heavy atom. The third kappa shape index (κ3) is 5.89. The maximum atomic E-state index is 12.7. The number of fused-ring (bicyclic) bond motifs is 2. The summed E-state index contributed by atoms with van der Waals surface area (Å²) in [6.45, 7) is 5.96. The molecule has 0 bridgehead atoms. The normalized spacial score (nSPS) is 20.4. The van der Waals surface area contributed by atoms with Gasteiger partial charge < -0.3 is 14.6 Å². The summed E-state index contributed by atoms with van der Waals surface area (Å²) >= 11 is 12.5. The van der Waals surface area contributed by atoms with Gasteiger partial charge in [-0.3, -0.25) is 14.8 Å². The topological polar surface area (TPSA) is 85.8 Å². The first-order valence-electron chi connectivity index (χ1n) is 10.9. The number of rotatable bonds is 2. The van der Waals surface area contributed by atoms with Crippen LogP contribution in [0.4, 0.5) is 4.79 Å². The Morgan fingerprint density at radius 1 is 1.09 bits per heavy atom. The minimum atomic E-state index is -1.32. The molecule has 0 radical (unpaired) electrons. The number of aryl methyl sites for hydroxylation is 2. The molecule has 176 valence electrons. The second kappa shape index (κ2) is 10.7. The van der Waals surface area contributed by atoms with Crippen LogP contribution in [0.15, 0.2) is 30.5 Å². The zero-order chi connectivity index (χ0) is 23.9. The van der Waals surface area contributed by atoms with Gasteiger partial charge in [-0.1, -0.05) is 29.3 Å². The van der Waals surface area contributed by atoms with Crippen LogP contribution in [0.5, 0.6) is 0 Å². The Bertz CT molecular complexity index is 1040. The van der Waals surface area contributed by atoms with Crippen LogP contribution in [0.25, 0.3) is 0 Å². The molecule has 1 fully saturated rings. The molecule has 1 aliphatic carbocycles. The van der Waals surface area contributed by atoms with E-state index in [4.69, 9.17) is 27.9 Å². The van der Waals surface area contributed by atoms with Crippen molar-refractivity contribution in [3.05, 3.63) is 62.9 Å². The molecule has 10 heteroatoms. The fraction of sp³-hybridized carbons (Fsp3) is 0.458. The number of benzene rings is 1. The van der Waals surface area contributed by atoms with E-state index in [1.165, 1.54) is 4.90 Å². The number of pyridine rings is 1. The number of carboxylic acid groups (broad SMARTS) is 1. The van der Waals surface area contributed by atoms with Crippen LogP contribution in [0.1, 0.15) is 49.2 Å². The molecule has 2 heterocycles. The van der Waals surface area contributed by atoms with Crippen molar-refractivity contribution in [3.8, 4) is 0 Å². The van der Waals surface area contributed by atoms with Gasteiger partial charge in [0.05, 0.1) is 28.8 Å². The molecule has 0 saturated carbocycles. The molecule has 0 spiro atoms. The van der Waals surface area contributed by atoms with Gasteiger partial charge >= 0.3 is 35.7 Å². The average molecular weight is 514 g/mol. The van der Waals surface area contributed by atoms with Gasteiger partial charge in [0.1, 0.15) is 5.60 Å². The number of nitrogens with zero attached hydrogens (tertiary/aromatic N) is 3. The van der Waals surface area contributed by atoms with E-state index in [9.17, 15) is 14.7 Å². The van der Waals surface area contributed by atoms with Crippen LogP contribution in [0.2, 0.25) is 10.0 Å². The Kier molecular flexibility index (Phi) is 8.59. The van der Waals surface area contributed by atoms with E-state index in [-0.39, 0.29) is 48.7 Å². The molecule has 2 aliphatic rings. The average Bonchev–Trinajstić information content (AvgIpc) is 2.88. The van der Waals surface area contributed by atoms with Crippen molar-refractivity contribution in [2.45, 2.75) is 51.3 Å². The molecule has 1 saturated heterocycles. The van der Waals surface area contributed by atoms with Gasteiger partial charge in [-0.15, -0.1) is 0 Å². The largest absolute Gasteiger partial charge is 1.00 e. The van der Waals surface area contributed by atoms with Crippen molar-refractivity contribution in [1.29, 1.82) is 0 Å². The number of carboxylic acids is 1.